The molecule has 3 aromatic carbocycles. The van der Waals surface area contributed by atoms with Gasteiger partial charge in [0.25, 0.3) is 0 Å². The highest BCUT2D eigenvalue weighted by Crippen LogP contribution is 2.35. The molecule has 0 radical (unpaired) electrons. The van der Waals surface area contributed by atoms with Gasteiger partial charge in [-0.25, -0.2) is 0 Å². The van der Waals surface area contributed by atoms with Crippen LogP contribution in [0.3, 0.4) is 0 Å². The second-order valence-corrected chi connectivity index (χ2v) is 8.27. The summed E-state index contributed by atoms with van der Waals surface area (Å²) in [6.07, 6.45) is 0.890. The number of halogens is 2. The zero-order chi connectivity index (χ0) is 21.5. The van der Waals surface area contributed by atoms with E-state index in [-0.39, 0.29) is 0 Å². The number of ether oxygens (including phenoxy) is 1. The lowest BCUT2D eigenvalue weighted by Crippen LogP contribution is -2.19. The Morgan fingerprint density at radius 2 is 1.20 bits per heavy atom. The van der Waals surface area contributed by atoms with Crippen LogP contribution in [0.5, 0.6) is 5.75 Å². The van der Waals surface area contributed by atoms with E-state index in [1.54, 1.807) is 0 Å². The minimum absolute atomic E-state index is 0.664. The molecule has 30 heavy (non-hydrogen) atoms. The average molecular weight is 440 g/mol. The lowest BCUT2D eigenvalue weighted by molar-refractivity contribution is 0.261. The van der Waals surface area contributed by atoms with Crippen molar-refractivity contribution in [1.82, 2.24) is 4.90 Å². The number of nitrogens with zero attached hydrogens (tertiary/aromatic N) is 1. The molecule has 3 aromatic rings. The van der Waals surface area contributed by atoms with Crippen molar-refractivity contribution in [3.05, 3.63) is 99.5 Å². The Hall–Kier alpha value is -2.26. The van der Waals surface area contributed by atoms with E-state index in [0.29, 0.717) is 6.61 Å². The van der Waals surface area contributed by atoms with Gasteiger partial charge >= 0.3 is 0 Å². The highest BCUT2D eigenvalue weighted by molar-refractivity contribution is 6.31. The van der Waals surface area contributed by atoms with E-state index in [0.717, 1.165) is 45.5 Å². The molecule has 0 atom stereocenters. The Morgan fingerprint density at radius 3 is 1.67 bits per heavy atom. The number of hydrogen-bond acceptors (Lipinski definition) is 2. The molecule has 0 aromatic heterocycles. The molecule has 0 heterocycles. The number of hydrogen-bond donors (Lipinski definition) is 0. The van der Waals surface area contributed by atoms with Crippen LogP contribution in [-0.4, -0.2) is 32.1 Å². The Bertz CT molecular complexity index is 975. The second-order valence-electron chi connectivity index (χ2n) is 7.40. The van der Waals surface area contributed by atoms with Crippen molar-refractivity contribution in [2.24, 2.45) is 0 Å². The molecule has 0 amide bonds. The first kappa shape index (κ1) is 22.4. The lowest BCUT2D eigenvalue weighted by Gasteiger charge is -2.17. The van der Waals surface area contributed by atoms with Crippen LogP contribution in [-0.2, 0) is 0 Å². The molecule has 0 N–H and O–H groups in total. The predicted molar refractivity (Wildman–Crippen MR) is 130 cm³/mol. The maximum atomic E-state index is 6.15. The van der Waals surface area contributed by atoms with E-state index in [2.05, 4.69) is 48.2 Å². The van der Waals surface area contributed by atoms with E-state index >= 15 is 0 Å². The second kappa shape index (κ2) is 10.7. The minimum atomic E-state index is 0.664. The fourth-order valence-corrected chi connectivity index (χ4v) is 3.62. The third-order valence-corrected chi connectivity index (χ3v) is 5.44. The van der Waals surface area contributed by atoms with Crippen LogP contribution in [0.1, 0.15) is 30.0 Å². The zero-order valence-corrected chi connectivity index (χ0v) is 19.2. The van der Waals surface area contributed by atoms with Crippen molar-refractivity contribution in [2.75, 3.05) is 27.2 Å². The first-order valence-corrected chi connectivity index (χ1v) is 10.9. The number of benzene rings is 3. The van der Waals surface area contributed by atoms with Crippen LogP contribution in [0, 0.1) is 0 Å². The molecule has 156 valence electrons. The standard InChI is InChI=1S/C26H27Cl2NO/c1-4-25(19-5-11-22(27)12-6-19)26(20-7-13-23(28)14-8-20)21-9-15-24(16-10-21)30-18-17-29(2)3/h5-16H,4,17-18H2,1-3H3. The quantitative estimate of drug-likeness (QED) is 0.341. The van der Waals surface area contributed by atoms with Gasteiger partial charge in [-0.05, 0) is 84.8 Å². The number of rotatable bonds is 8. The van der Waals surface area contributed by atoms with Gasteiger partial charge in [-0.15, -0.1) is 0 Å². The van der Waals surface area contributed by atoms with Crippen LogP contribution < -0.4 is 4.74 Å². The molecule has 0 saturated carbocycles. The summed E-state index contributed by atoms with van der Waals surface area (Å²) in [6, 6.07) is 24.4. The largest absolute Gasteiger partial charge is 0.492 e. The normalized spacial score (nSPS) is 12.1. The van der Waals surface area contributed by atoms with Gasteiger partial charge in [0.2, 0.25) is 0 Å². The van der Waals surface area contributed by atoms with E-state index in [9.17, 15) is 0 Å². The summed E-state index contributed by atoms with van der Waals surface area (Å²) in [5.41, 5.74) is 5.89. The van der Waals surface area contributed by atoms with Gasteiger partial charge in [-0.3, -0.25) is 0 Å². The third kappa shape index (κ3) is 5.89. The first-order chi connectivity index (χ1) is 14.5. The van der Waals surface area contributed by atoms with Gasteiger partial charge in [0.15, 0.2) is 0 Å². The van der Waals surface area contributed by atoms with Crippen molar-refractivity contribution in [2.45, 2.75) is 13.3 Å². The van der Waals surface area contributed by atoms with Gasteiger partial charge in [0.1, 0.15) is 12.4 Å². The third-order valence-electron chi connectivity index (χ3n) is 4.93. The summed E-state index contributed by atoms with van der Waals surface area (Å²) >= 11 is 12.3. The van der Waals surface area contributed by atoms with E-state index in [1.165, 1.54) is 11.1 Å². The van der Waals surface area contributed by atoms with Crippen molar-refractivity contribution >= 4 is 34.3 Å². The lowest BCUT2D eigenvalue weighted by atomic mass is 9.88. The van der Waals surface area contributed by atoms with Crippen LogP contribution in [0.25, 0.3) is 11.1 Å². The van der Waals surface area contributed by atoms with Crippen molar-refractivity contribution in [3.8, 4) is 5.75 Å². The van der Waals surface area contributed by atoms with Crippen molar-refractivity contribution in [3.63, 3.8) is 0 Å². The molecule has 0 saturated heterocycles. The van der Waals surface area contributed by atoms with Gasteiger partial charge in [-0.2, -0.15) is 0 Å². The Morgan fingerprint density at radius 1 is 0.733 bits per heavy atom. The van der Waals surface area contributed by atoms with Gasteiger partial charge in [0.05, 0.1) is 0 Å². The molecule has 0 spiro atoms. The molecule has 0 unspecified atom stereocenters. The number of allylic oxidation sites excluding steroid dienone is 1. The van der Waals surface area contributed by atoms with Crippen LogP contribution in [0.15, 0.2) is 72.8 Å². The Balaban J connectivity index is 2.03. The molecule has 0 aliphatic carbocycles. The summed E-state index contributed by atoms with van der Waals surface area (Å²) in [7, 11) is 4.08. The molecule has 0 aliphatic rings. The van der Waals surface area contributed by atoms with Crippen LogP contribution in [0.4, 0.5) is 0 Å². The minimum Gasteiger partial charge on any atom is -0.492 e. The van der Waals surface area contributed by atoms with Gasteiger partial charge < -0.3 is 9.64 Å². The van der Waals surface area contributed by atoms with Gasteiger partial charge in [0, 0.05) is 16.6 Å². The van der Waals surface area contributed by atoms with E-state index in [1.807, 2.05) is 50.5 Å². The smallest absolute Gasteiger partial charge is 0.119 e. The topological polar surface area (TPSA) is 12.5 Å². The summed E-state index contributed by atoms with van der Waals surface area (Å²) in [4.78, 5) is 2.11. The molecule has 0 bridgehead atoms. The fourth-order valence-electron chi connectivity index (χ4n) is 3.37. The SMILES string of the molecule is CCC(=C(c1ccc(Cl)cc1)c1ccc(OCCN(C)C)cc1)c1ccc(Cl)cc1. The van der Waals surface area contributed by atoms with E-state index in [4.69, 9.17) is 27.9 Å². The Labute approximate surface area is 189 Å². The Kier molecular flexibility index (Phi) is 7.98. The average Bonchev–Trinajstić information content (AvgIpc) is 2.74. The fraction of sp³-hybridized carbons (Fsp3) is 0.231. The molecule has 4 heteroatoms. The molecular weight excluding hydrogens is 413 g/mol. The summed E-state index contributed by atoms with van der Waals surface area (Å²) in [6.45, 7) is 3.73. The predicted octanol–water partition coefficient (Wildman–Crippen LogP) is 7.30. The van der Waals surface area contributed by atoms with Gasteiger partial charge in [-0.1, -0.05) is 66.5 Å². The molecular formula is C26H27Cl2NO. The summed E-state index contributed by atoms with van der Waals surface area (Å²) in [5, 5.41) is 1.47. The summed E-state index contributed by atoms with van der Waals surface area (Å²) < 4.78 is 5.87. The highest BCUT2D eigenvalue weighted by atomic mass is 35.5. The maximum Gasteiger partial charge on any atom is 0.119 e. The molecule has 0 fully saturated rings. The molecule has 0 aliphatic heterocycles. The summed E-state index contributed by atoms with van der Waals surface area (Å²) in [5.74, 6) is 0.876. The highest BCUT2D eigenvalue weighted by Gasteiger charge is 2.13. The van der Waals surface area contributed by atoms with Crippen molar-refractivity contribution < 1.29 is 4.74 Å². The van der Waals surface area contributed by atoms with Crippen LogP contribution in [0.2, 0.25) is 10.0 Å². The monoisotopic (exact) mass is 439 g/mol. The van der Waals surface area contributed by atoms with E-state index < -0.39 is 0 Å². The van der Waals surface area contributed by atoms with Crippen molar-refractivity contribution in [1.29, 1.82) is 0 Å². The molecule has 3 rings (SSSR count). The number of likely N-dealkylation sites (N-methyl/N-ethyl adjacent to an activating group) is 1. The molecule has 2 nitrogen and oxygen atoms in total. The van der Waals surface area contributed by atoms with Crippen LogP contribution >= 0.6 is 23.2 Å². The maximum absolute atomic E-state index is 6.15. The zero-order valence-electron chi connectivity index (χ0n) is 17.7. The first-order valence-electron chi connectivity index (χ1n) is 10.1.